The van der Waals surface area contributed by atoms with E-state index in [1.54, 1.807) is 36.4 Å². The van der Waals surface area contributed by atoms with Gasteiger partial charge in [-0.1, -0.05) is 12.1 Å². The van der Waals surface area contributed by atoms with Gasteiger partial charge in [-0.05, 0) is 48.4 Å². The van der Waals surface area contributed by atoms with E-state index in [2.05, 4.69) is 5.32 Å². The second-order valence-electron chi connectivity index (χ2n) is 4.75. The van der Waals surface area contributed by atoms with Crippen LogP contribution in [0.4, 0.5) is 4.39 Å². The fourth-order valence-corrected chi connectivity index (χ4v) is 1.91. The number of halogens is 1. The summed E-state index contributed by atoms with van der Waals surface area (Å²) in [4.78, 5) is 22.7. The van der Waals surface area contributed by atoms with Gasteiger partial charge in [0, 0.05) is 19.0 Å². The maximum atomic E-state index is 12.8. The Kier molecular flexibility index (Phi) is 5.25. The van der Waals surface area contributed by atoms with E-state index in [1.165, 1.54) is 19.1 Å². The lowest BCUT2D eigenvalue weighted by Gasteiger charge is -2.06. The Morgan fingerprint density at radius 1 is 1.05 bits per heavy atom. The number of amides is 1. The van der Waals surface area contributed by atoms with E-state index in [4.69, 9.17) is 4.74 Å². The standard InChI is InChI=1S/C17H16FNO3/c1-12(20)22-16-8-4-14(5-9-16)17(21)19-11-10-13-2-6-15(18)7-3-13/h2-9H,10-11H2,1H3,(H,19,21). The highest BCUT2D eigenvalue weighted by atomic mass is 19.1. The average molecular weight is 301 g/mol. The van der Waals surface area contributed by atoms with Crippen LogP contribution in [-0.4, -0.2) is 18.4 Å². The molecule has 0 aliphatic heterocycles. The van der Waals surface area contributed by atoms with Gasteiger partial charge in [-0.25, -0.2) is 4.39 Å². The molecule has 1 amide bonds. The Morgan fingerprint density at radius 3 is 2.27 bits per heavy atom. The Morgan fingerprint density at radius 2 is 1.68 bits per heavy atom. The second-order valence-corrected chi connectivity index (χ2v) is 4.75. The van der Waals surface area contributed by atoms with E-state index in [0.717, 1.165) is 5.56 Å². The number of nitrogens with one attached hydrogen (secondary N) is 1. The number of hydrogen-bond donors (Lipinski definition) is 1. The van der Waals surface area contributed by atoms with Crippen molar-refractivity contribution in [2.45, 2.75) is 13.3 Å². The summed E-state index contributed by atoms with van der Waals surface area (Å²) in [6.07, 6.45) is 0.623. The molecule has 0 heterocycles. The molecule has 0 aliphatic carbocycles. The highest BCUT2D eigenvalue weighted by Crippen LogP contribution is 2.12. The molecular weight excluding hydrogens is 285 g/mol. The molecule has 0 aromatic heterocycles. The topological polar surface area (TPSA) is 55.4 Å². The smallest absolute Gasteiger partial charge is 0.308 e. The molecule has 0 radical (unpaired) electrons. The fourth-order valence-electron chi connectivity index (χ4n) is 1.91. The summed E-state index contributed by atoms with van der Waals surface area (Å²) < 4.78 is 17.7. The molecule has 0 bridgehead atoms. The Bertz CT molecular complexity index is 651. The Labute approximate surface area is 127 Å². The molecule has 0 fully saturated rings. The van der Waals surface area contributed by atoms with E-state index >= 15 is 0 Å². The van der Waals surface area contributed by atoms with Crippen molar-refractivity contribution in [3.63, 3.8) is 0 Å². The lowest BCUT2D eigenvalue weighted by atomic mass is 10.1. The van der Waals surface area contributed by atoms with Gasteiger partial charge in [0.2, 0.25) is 0 Å². The monoisotopic (exact) mass is 301 g/mol. The van der Waals surface area contributed by atoms with Crippen LogP contribution in [-0.2, 0) is 11.2 Å². The maximum absolute atomic E-state index is 12.8. The normalized spacial score (nSPS) is 10.1. The minimum atomic E-state index is -0.406. The summed E-state index contributed by atoms with van der Waals surface area (Å²) in [5.74, 6) is -0.496. The molecule has 0 saturated heterocycles. The first-order chi connectivity index (χ1) is 10.5. The maximum Gasteiger partial charge on any atom is 0.308 e. The van der Waals surface area contributed by atoms with Crippen molar-refractivity contribution in [1.82, 2.24) is 5.32 Å². The number of carbonyl (C=O) groups excluding carboxylic acids is 2. The molecule has 4 nitrogen and oxygen atoms in total. The van der Waals surface area contributed by atoms with Gasteiger partial charge in [0.1, 0.15) is 11.6 Å². The zero-order valence-electron chi connectivity index (χ0n) is 12.1. The molecule has 22 heavy (non-hydrogen) atoms. The van der Waals surface area contributed by atoms with Gasteiger partial charge in [0.15, 0.2) is 0 Å². The molecule has 0 atom stereocenters. The van der Waals surface area contributed by atoms with Gasteiger partial charge in [-0.3, -0.25) is 9.59 Å². The highest BCUT2D eigenvalue weighted by Gasteiger charge is 2.06. The quantitative estimate of drug-likeness (QED) is 0.682. The summed E-state index contributed by atoms with van der Waals surface area (Å²) in [5.41, 5.74) is 1.43. The summed E-state index contributed by atoms with van der Waals surface area (Å²) >= 11 is 0. The number of benzene rings is 2. The average Bonchev–Trinajstić information content (AvgIpc) is 2.49. The first-order valence-corrected chi connectivity index (χ1v) is 6.86. The summed E-state index contributed by atoms with van der Waals surface area (Å²) in [6, 6.07) is 12.5. The van der Waals surface area contributed by atoms with Crippen molar-refractivity contribution in [2.24, 2.45) is 0 Å². The third-order valence-corrected chi connectivity index (χ3v) is 2.99. The zero-order chi connectivity index (χ0) is 15.9. The van der Waals surface area contributed by atoms with E-state index in [9.17, 15) is 14.0 Å². The van der Waals surface area contributed by atoms with Crippen molar-refractivity contribution in [1.29, 1.82) is 0 Å². The van der Waals surface area contributed by atoms with E-state index in [1.807, 2.05) is 0 Å². The molecule has 2 aromatic carbocycles. The molecule has 0 aliphatic rings. The Balaban J connectivity index is 1.84. The molecule has 1 N–H and O–H groups in total. The van der Waals surface area contributed by atoms with Crippen LogP contribution < -0.4 is 10.1 Å². The van der Waals surface area contributed by atoms with E-state index < -0.39 is 5.97 Å². The SMILES string of the molecule is CC(=O)Oc1ccc(C(=O)NCCc2ccc(F)cc2)cc1. The van der Waals surface area contributed by atoms with Crippen molar-refractivity contribution in [2.75, 3.05) is 6.54 Å². The van der Waals surface area contributed by atoms with Crippen LogP contribution in [0.1, 0.15) is 22.8 Å². The van der Waals surface area contributed by atoms with Crippen molar-refractivity contribution < 1.29 is 18.7 Å². The molecule has 0 unspecified atom stereocenters. The Hall–Kier alpha value is -2.69. The van der Waals surface area contributed by atoms with E-state index in [-0.39, 0.29) is 11.7 Å². The van der Waals surface area contributed by atoms with Gasteiger partial charge >= 0.3 is 5.97 Å². The van der Waals surface area contributed by atoms with Crippen LogP contribution in [0.3, 0.4) is 0 Å². The lowest BCUT2D eigenvalue weighted by molar-refractivity contribution is -0.131. The number of rotatable bonds is 5. The van der Waals surface area contributed by atoms with Crippen LogP contribution in [0.15, 0.2) is 48.5 Å². The number of carbonyl (C=O) groups is 2. The third kappa shape index (κ3) is 4.70. The minimum Gasteiger partial charge on any atom is -0.427 e. The fraction of sp³-hybridized carbons (Fsp3) is 0.176. The summed E-state index contributed by atoms with van der Waals surface area (Å²) in [7, 11) is 0. The van der Waals surface area contributed by atoms with Gasteiger partial charge < -0.3 is 10.1 Å². The third-order valence-electron chi connectivity index (χ3n) is 2.99. The van der Waals surface area contributed by atoms with Crippen LogP contribution in [0.2, 0.25) is 0 Å². The minimum absolute atomic E-state index is 0.212. The first-order valence-electron chi connectivity index (χ1n) is 6.86. The van der Waals surface area contributed by atoms with Gasteiger partial charge in [-0.15, -0.1) is 0 Å². The molecule has 0 saturated carbocycles. The molecule has 114 valence electrons. The van der Waals surface area contributed by atoms with Gasteiger partial charge in [-0.2, -0.15) is 0 Å². The van der Waals surface area contributed by atoms with Crippen LogP contribution in [0.25, 0.3) is 0 Å². The predicted octanol–water partition coefficient (Wildman–Crippen LogP) is 2.72. The lowest BCUT2D eigenvalue weighted by Crippen LogP contribution is -2.25. The molecule has 0 spiro atoms. The van der Waals surface area contributed by atoms with E-state index in [0.29, 0.717) is 24.3 Å². The zero-order valence-corrected chi connectivity index (χ0v) is 12.1. The van der Waals surface area contributed by atoms with Gasteiger partial charge in [0.25, 0.3) is 5.91 Å². The van der Waals surface area contributed by atoms with Crippen LogP contribution >= 0.6 is 0 Å². The van der Waals surface area contributed by atoms with Crippen LogP contribution in [0, 0.1) is 5.82 Å². The van der Waals surface area contributed by atoms with Crippen molar-refractivity contribution in [3.05, 3.63) is 65.5 Å². The number of esters is 1. The van der Waals surface area contributed by atoms with Crippen LogP contribution in [0.5, 0.6) is 5.75 Å². The van der Waals surface area contributed by atoms with Gasteiger partial charge in [0.05, 0.1) is 0 Å². The number of hydrogen-bond acceptors (Lipinski definition) is 3. The number of ether oxygens (including phenoxy) is 1. The predicted molar refractivity (Wildman–Crippen MR) is 80.2 cm³/mol. The second kappa shape index (κ2) is 7.36. The van der Waals surface area contributed by atoms with Crippen molar-refractivity contribution in [3.8, 4) is 5.75 Å². The molecular formula is C17H16FNO3. The molecule has 5 heteroatoms. The highest BCUT2D eigenvalue weighted by molar-refractivity contribution is 5.94. The molecule has 2 rings (SSSR count). The van der Waals surface area contributed by atoms with Crippen molar-refractivity contribution >= 4 is 11.9 Å². The molecule has 2 aromatic rings. The largest absolute Gasteiger partial charge is 0.427 e. The summed E-state index contributed by atoms with van der Waals surface area (Å²) in [5, 5.41) is 2.78. The first kappa shape index (κ1) is 15.7. The summed E-state index contributed by atoms with van der Waals surface area (Å²) in [6.45, 7) is 1.77.